The number of urea groups is 1. The highest BCUT2D eigenvalue weighted by Crippen LogP contribution is 2.37. The Labute approximate surface area is 203 Å². The van der Waals surface area contributed by atoms with Crippen LogP contribution in [0.15, 0.2) is 58.8 Å². The summed E-state index contributed by atoms with van der Waals surface area (Å²) in [6.07, 6.45) is 0.790. The summed E-state index contributed by atoms with van der Waals surface area (Å²) in [5.74, 6) is 0.837. The maximum absolute atomic E-state index is 13.7. The van der Waals surface area contributed by atoms with Gasteiger partial charge in [-0.05, 0) is 57.0 Å². The maximum atomic E-state index is 13.7. The van der Waals surface area contributed by atoms with E-state index in [0.29, 0.717) is 42.2 Å². The smallest absolute Gasteiger partial charge is 0.322 e. The number of hydrogen-bond donors (Lipinski definition) is 1. The molecule has 8 nitrogen and oxygen atoms in total. The number of nitrogens with zero attached hydrogens (tertiary/aromatic N) is 3. The van der Waals surface area contributed by atoms with Crippen molar-refractivity contribution < 1.29 is 23.2 Å². The fraction of sp³-hybridized carbons (Fsp3) is 0.346. The zero-order valence-corrected chi connectivity index (χ0v) is 20.2. The fourth-order valence-electron chi connectivity index (χ4n) is 3.99. The highest BCUT2D eigenvalue weighted by atomic mass is 19.1. The van der Waals surface area contributed by atoms with E-state index in [1.165, 1.54) is 12.1 Å². The monoisotopic (exact) mass is 480 g/mol. The Morgan fingerprint density at radius 1 is 1.20 bits per heavy atom. The van der Waals surface area contributed by atoms with E-state index >= 15 is 0 Å². The molecule has 2 amide bonds. The van der Waals surface area contributed by atoms with Crippen LogP contribution in [0.4, 0.5) is 9.18 Å². The first kappa shape index (κ1) is 24.4. The Bertz CT molecular complexity index is 1210. The summed E-state index contributed by atoms with van der Waals surface area (Å²) in [7, 11) is 1.60. The van der Waals surface area contributed by atoms with Gasteiger partial charge in [-0.25, -0.2) is 9.18 Å². The average Bonchev–Trinajstić information content (AvgIpc) is 3.33. The summed E-state index contributed by atoms with van der Waals surface area (Å²) in [5, 5.41) is 7.14. The second-order valence-corrected chi connectivity index (χ2v) is 8.51. The number of aromatic nitrogens is 2. The van der Waals surface area contributed by atoms with Gasteiger partial charge in [-0.1, -0.05) is 29.4 Å². The van der Waals surface area contributed by atoms with Crippen molar-refractivity contribution in [2.24, 2.45) is 0 Å². The van der Waals surface area contributed by atoms with Crippen LogP contribution < -0.4 is 10.1 Å². The lowest BCUT2D eigenvalue weighted by Gasteiger charge is -2.35. The second-order valence-electron chi connectivity index (χ2n) is 8.51. The average molecular weight is 481 g/mol. The molecule has 3 aromatic rings. The molecule has 1 N–H and O–H groups in total. The van der Waals surface area contributed by atoms with Crippen molar-refractivity contribution in [2.75, 3.05) is 20.3 Å². The van der Waals surface area contributed by atoms with E-state index in [1.807, 2.05) is 45.0 Å². The summed E-state index contributed by atoms with van der Waals surface area (Å²) in [5.41, 5.74) is 2.71. The molecule has 2 aromatic carbocycles. The molecular weight excluding hydrogens is 451 g/mol. The lowest BCUT2D eigenvalue weighted by molar-refractivity contribution is 0.0736. The van der Waals surface area contributed by atoms with E-state index in [2.05, 4.69) is 15.5 Å². The number of carbonyl (C=O) groups excluding carboxylic acids is 1. The van der Waals surface area contributed by atoms with Crippen LogP contribution in [0.5, 0.6) is 5.75 Å². The topological polar surface area (TPSA) is 89.7 Å². The van der Waals surface area contributed by atoms with Crippen molar-refractivity contribution in [1.29, 1.82) is 0 Å². The first-order valence-electron chi connectivity index (χ1n) is 11.5. The zero-order valence-electron chi connectivity index (χ0n) is 20.2. The van der Waals surface area contributed by atoms with E-state index in [0.717, 1.165) is 5.56 Å². The molecule has 1 aromatic heterocycles. The predicted molar refractivity (Wildman–Crippen MR) is 129 cm³/mol. The minimum atomic E-state index is -0.516. The van der Waals surface area contributed by atoms with Gasteiger partial charge in [0, 0.05) is 24.4 Å². The van der Waals surface area contributed by atoms with Crippen LogP contribution in [0.2, 0.25) is 0 Å². The molecule has 0 saturated carbocycles. The first-order chi connectivity index (χ1) is 16.9. The van der Waals surface area contributed by atoms with Crippen LogP contribution in [0.1, 0.15) is 44.7 Å². The van der Waals surface area contributed by atoms with Crippen LogP contribution in [0.25, 0.3) is 17.0 Å². The van der Waals surface area contributed by atoms with Gasteiger partial charge in [-0.3, -0.25) is 4.90 Å². The van der Waals surface area contributed by atoms with Crippen molar-refractivity contribution in [1.82, 2.24) is 20.4 Å². The molecule has 0 saturated heterocycles. The molecule has 0 radical (unpaired) electrons. The van der Waals surface area contributed by atoms with Gasteiger partial charge in [0.05, 0.1) is 24.8 Å². The van der Waals surface area contributed by atoms with E-state index < -0.39 is 6.04 Å². The lowest BCUT2D eigenvalue weighted by Crippen LogP contribution is -2.46. The summed E-state index contributed by atoms with van der Waals surface area (Å²) < 4.78 is 30.3. The Morgan fingerprint density at radius 2 is 1.97 bits per heavy atom. The van der Waals surface area contributed by atoms with Crippen molar-refractivity contribution in [3.05, 3.63) is 71.5 Å². The summed E-state index contributed by atoms with van der Waals surface area (Å²) >= 11 is 0. The minimum Gasteiger partial charge on any atom is -0.497 e. The molecular formula is C26H29FN4O4. The van der Waals surface area contributed by atoms with E-state index in [9.17, 15) is 9.18 Å². The van der Waals surface area contributed by atoms with Gasteiger partial charge in [0.15, 0.2) is 0 Å². The molecule has 1 aliphatic heterocycles. The van der Waals surface area contributed by atoms with Crippen LogP contribution in [0.3, 0.4) is 0 Å². The molecule has 35 heavy (non-hydrogen) atoms. The number of hydrogen-bond acceptors (Lipinski definition) is 6. The maximum Gasteiger partial charge on any atom is 0.322 e. The number of carbonyl (C=O) groups is 1. The van der Waals surface area contributed by atoms with Gasteiger partial charge in [0.25, 0.3) is 5.89 Å². The molecule has 184 valence electrons. The van der Waals surface area contributed by atoms with E-state index in [4.69, 9.17) is 14.0 Å². The Morgan fingerprint density at radius 3 is 2.66 bits per heavy atom. The molecule has 0 fully saturated rings. The Balaban J connectivity index is 1.71. The van der Waals surface area contributed by atoms with Crippen molar-refractivity contribution in [3.63, 3.8) is 0 Å². The fourth-order valence-corrected chi connectivity index (χ4v) is 3.99. The number of halogens is 1. The highest BCUT2D eigenvalue weighted by Gasteiger charge is 2.35. The lowest BCUT2D eigenvalue weighted by atomic mass is 9.94. The third-order valence-corrected chi connectivity index (χ3v) is 5.76. The van der Waals surface area contributed by atoms with Crippen LogP contribution >= 0.6 is 0 Å². The molecule has 1 atom stereocenters. The Kier molecular flexibility index (Phi) is 7.45. The van der Waals surface area contributed by atoms with Crippen molar-refractivity contribution in [3.8, 4) is 17.1 Å². The van der Waals surface area contributed by atoms with Crippen molar-refractivity contribution in [2.45, 2.75) is 39.3 Å². The number of rotatable bonds is 9. The number of benzene rings is 2. The Hall–Kier alpha value is -3.72. The van der Waals surface area contributed by atoms with Crippen LogP contribution in [0, 0.1) is 5.82 Å². The van der Waals surface area contributed by atoms with Gasteiger partial charge >= 0.3 is 6.03 Å². The van der Waals surface area contributed by atoms with Crippen LogP contribution in [-0.2, 0) is 4.74 Å². The van der Waals surface area contributed by atoms with Gasteiger partial charge in [-0.2, -0.15) is 4.98 Å². The molecule has 4 rings (SSSR count). The number of nitrogens with one attached hydrogen (secondary N) is 1. The number of amides is 2. The normalized spacial score (nSPS) is 16.1. The molecule has 9 heteroatoms. The zero-order chi connectivity index (χ0) is 24.9. The standard InChI is InChI=1S/C26H29FN4O4/c1-16(2)34-14-6-13-31-17(3)22(23(28-26(31)32)18-9-11-21(33-4)12-10-18)25-29-24(30-35-25)19-7-5-8-20(27)15-19/h5,7-12,15-16,23H,6,13-14H2,1-4H3,(H,28,32). The predicted octanol–water partition coefficient (Wildman–Crippen LogP) is 5.20. The van der Waals surface area contributed by atoms with Gasteiger partial charge in [-0.15, -0.1) is 0 Å². The third-order valence-electron chi connectivity index (χ3n) is 5.76. The molecule has 1 unspecified atom stereocenters. The van der Waals surface area contributed by atoms with Gasteiger partial charge < -0.3 is 19.3 Å². The summed E-state index contributed by atoms with van der Waals surface area (Å²) in [6.45, 7) is 6.81. The highest BCUT2D eigenvalue weighted by molar-refractivity contribution is 5.86. The number of allylic oxidation sites excluding steroid dienone is 1. The minimum absolute atomic E-state index is 0.122. The molecule has 0 spiro atoms. The molecule has 1 aliphatic rings. The molecule has 0 aliphatic carbocycles. The quantitative estimate of drug-likeness (QED) is 0.424. The van der Waals surface area contributed by atoms with Crippen LogP contribution in [-0.4, -0.2) is 47.4 Å². The van der Waals surface area contributed by atoms with Gasteiger partial charge in [0.2, 0.25) is 5.82 Å². The van der Waals surface area contributed by atoms with Crippen molar-refractivity contribution >= 4 is 11.6 Å². The van der Waals surface area contributed by atoms with Gasteiger partial charge in [0.1, 0.15) is 11.6 Å². The molecule has 2 heterocycles. The summed E-state index contributed by atoms with van der Waals surface area (Å²) in [6, 6.07) is 12.7. The molecule has 0 bridgehead atoms. The third kappa shape index (κ3) is 5.51. The largest absolute Gasteiger partial charge is 0.497 e. The second kappa shape index (κ2) is 10.7. The summed E-state index contributed by atoms with van der Waals surface area (Å²) in [4.78, 5) is 19.3. The first-order valence-corrected chi connectivity index (χ1v) is 11.5. The van der Waals surface area contributed by atoms with E-state index in [-0.39, 0.29) is 29.7 Å². The number of ether oxygens (including phenoxy) is 2. The SMILES string of the molecule is COc1ccc(C2NC(=O)N(CCCOC(C)C)C(C)=C2c2nc(-c3cccc(F)c3)no2)cc1. The van der Waals surface area contributed by atoms with E-state index in [1.54, 1.807) is 24.1 Å². The number of methoxy groups -OCH3 is 1.